The highest BCUT2D eigenvalue weighted by molar-refractivity contribution is 9.10. The number of nitrogens with two attached hydrogens (primary N) is 1. The molecule has 77 valence electrons. The SMILES string of the molecule is N[C@H]([C]=O)Cc1c[nH]c2cccc(Br)c12. The van der Waals surface area contributed by atoms with Crippen LogP contribution in [0.4, 0.5) is 0 Å². The summed E-state index contributed by atoms with van der Waals surface area (Å²) in [5.74, 6) is 0. The summed E-state index contributed by atoms with van der Waals surface area (Å²) in [6, 6.07) is 5.35. The zero-order valence-corrected chi connectivity index (χ0v) is 9.54. The second-order valence-corrected chi connectivity index (χ2v) is 4.26. The van der Waals surface area contributed by atoms with Crippen LogP contribution in [0.25, 0.3) is 10.9 Å². The van der Waals surface area contributed by atoms with Gasteiger partial charge in [-0.25, -0.2) is 0 Å². The van der Waals surface area contributed by atoms with Crippen LogP contribution in [-0.2, 0) is 11.2 Å². The lowest BCUT2D eigenvalue weighted by Gasteiger charge is -2.02. The topological polar surface area (TPSA) is 58.9 Å². The molecule has 0 bridgehead atoms. The minimum absolute atomic E-state index is 0.506. The molecule has 0 saturated heterocycles. The molecule has 1 aromatic carbocycles. The quantitative estimate of drug-likeness (QED) is 0.891. The fourth-order valence-corrected chi connectivity index (χ4v) is 2.27. The van der Waals surface area contributed by atoms with Crippen molar-refractivity contribution in [1.82, 2.24) is 4.98 Å². The van der Waals surface area contributed by atoms with E-state index in [1.54, 1.807) is 6.29 Å². The number of H-pyrrole nitrogens is 1. The number of rotatable bonds is 3. The van der Waals surface area contributed by atoms with E-state index in [-0.39, 0.29) is 0 Å². The lowest BCUT2D eigenvalue weighted by molar-refractivity contribution is 0.541. The first-order valence-electron chi connectivity index (χ1n) is 4.60. The third kappa shape index (κ3) is 1.96. The summed E-state index contributed by atoms with van der Waals surface area (Å²) in [6.45, 7) is 0. The van der Waals surface area contributed by atoms with Crippen molar-refractivity contribution in [2.24, 2.45) is 5.73 Å². The molecule has 1 aromatic heterocycles. The van der Waals surface area contributed by atoms with Crippen LogP contribution in [0.5, 0.6) is 0 Å². The molecular weight excluding hydrogens is 256 g/mol. The normalized spacial score (nSPS) is 12.9. The molecule has 0 spiro atoms. The highest BCUT2D eigenvalue weighted by atomic mass is 79.9. The minimum Gasteiger partial charge on any atom is -0.361 e. The Hall–Kier alpha value is -1.13. The molecule has 1 radical (unpaired) electrons. The van der Waals surface area contributed by atoms with Gasteiger partial charge >= 0.3 is 0 Å². The van der Waals surface area contributed by atoms with Crippen molar-refractivity contribution in [2.45, 2.75) is 12.5 Å². The van der Waals surface area contributed by atoms with E-state index < -0.39 is 6.04 Å². The average Bonchev–Trinajstić information content (AvgIpc) is 2.63. The van der Waals surface area contributed by atoms with Gasteiger partial charge in [0.25, 0.3) is 0 Å². The van der Waals surface area contributed by atoms with Crippen molar-refractivity contribution < 1.29 is 4.79 Å². The molecule has 0 saturated carbocycles. The van der Waals surface area contributed by atoms with E-state index in [2.05, 4.69) is 20.9 Å². The number of hydrogen-bond acceptors (Lipinski definition) is 2. The molecule has 0 aliphatic heterocycles. The molecule has 0 aliphatic carbocycles. The maximum atomic E-state index is 10.4. The van der Waals surface area contributed by atoms with E-state index in [4.69, 9.17) is 5.73 Å². The fourth-order valence-electron chi connectivity index (χ4n) is 1.65. The molecule has 0 fully saturated rings. The number of hydrogen-bond donors (Lipinski definition) is 2. The maximum Gasteiger partial charge on any atom is 0.217 e. The van der Waals surface area contributed by atoms with Gasteiger partial charge in [0.2, 0.25) is 6.29 Å². The molecule has 3 nitrogen and oxygen atoms in total. The second kappa shape index (κ2) is 4.16. The standard InChI is InChI=1S/C11H10BrN2O/c12-9-2-1-3-10-11(9)7(5-14-10)4-8(13)6-15/h1-3,5,8,14H,4,13H2/t8-/m0/s1. The van der Waals surface area contributed by atoms with Gasteiger partial charge in [-0.05, 0) is 24.1 Å². The highest BCUT2D eigenvalue weighted by Gasteiger charge is 2.10. The lowest BCUT2D eigenvalue weighted by Crippen LogP contribution is -2.23. The van der Waals surface area contributed by atoms with Crippen molar-refractivity contribution in [1.29, 1.82) is 0 Å². The minimum atomic E-state index is -0.559. The summed E-state index contributed by atoms with van der Waals surface area (Å²) in [7, 11) is 0. The first-order chi connectivity index (χ1) is 7.22. The summed E-state index contributed by atoms with van der Waals surface area (Å²) >= 11 is 3.48. The molecule has 2 aromatic rings. The van der Waals surface area contributed by atoms with E-state index in [0.29, 0.717) is 6.42 Å². The number of aromatic nitrogens is 1. The Balaban J connectivity index is 2.48. The van der Waals surface area contributed by atoms with Gasteiger partial charge in [-0.1, -0.05) is 22.0 Å². The molecule has 4 heteroatoms. The molecule has 2 rings (SSSR count). The number of fused-ring (bicyclic) bond motifs is 1. The number of carbonyl (C=O) groups excluding carboxylic acids is 1. The van der Waals surface area contributed by atoms with Crippen LogP contribution in [0.2, 0.25) is 0 Å². The molecule has 0 aliphatic rings. The second-order valence-electron chi connectivity index (χ2n) is 3.40. The zero-order chi connectivity index (χ0) is 10.8. The van der Waals surface area contributed by atoms with Gasteiger partial charge in [0.15, 0.2) is 0 Å². The van der Waals surface area contributed by atoms with E-state index in [1.807, 2.05) is 24.4 Å². The zero-order valence-electron chi connectivity index (χ0n) is 7.96. The number of aromatic amines is 1. The lowest BCUT2D eigenvalue weighted by atomic mass is 10.1. The average molecular weight is 266 g/mol. The van der Waals surface area contributed by atoms with E-state index in [0.717, 1.165) is 20.9 Å². The third-order valence-electron chi connectivity index (χ3n) is 2.33. The van der Waals surface area contributed by atoms with Crippen LogP contribution < -0.4 is 5.73 Å². The smallest absolute Gasteiger partial charge is 0.217 e. The maximum absolute atomic E-state index is 10.4. The molecule has 1 heterocycles. The van der Waals surface area contributed by atoms with E-state index >= 15 is 0 Å². The van der Waals surface area contributed by atoms with Gasteiger partial charge in [-0.2, -0.15) is 0 Å². The largest absolute Gasteiger partial charge is 0.361 e. The predicted molar refractivity (Wildman–Crippen MR) is 63.4 cm³/mol. The van der Waals surface area contributed by atoms with Gasteiger partial charge in [0.1, 0.15) is 0 Å². The molecule has 1 atom stereocenters. The van der Waals surface area contributed by atoms with Crippen molar-refractivity contribution >= 4 is 33.1 Å². The number of halogens is 1. The van der Waals surface area contributed by atoms with E-state index in [1.165, 1.54) is 0 Å². The van der Waals surface area contributed by atoms with Crippen LogP contribution in [0.15, 0.2) is 28.9 Å². The van der Waals surface area contributed by atoms with Crippen molar-refractivity contribution in [3.05, 3.63) is 34.4 Å². The first-order valence-corrected chi connectivity index (χ1v) is 5.39. The summed E-state index contributed by atoms with van der Waals surface area (Å²) < 4.78 is 1.01. The fraction of sp³-hybridized carbons (Fsp3) is 0.182. The highest BCUT2D eigenvalue weighted by Crippen LogP contribution is 2.27. The Labute approximate surface area is 95.8 Å². The summed E-state index contributed by atoms with van der Waals surface area (Å²) in [5.41, 5.74) is 7.63. The Morgan fingerprint density at radius 1 is 1.53 bits per heavy atom. The Morgan fingerprint density at radius 2 is 2.33 bits per heavy atom. The van der Waals surface area contributed by atoms with Crippen LogP contribution in [0, 0.1) is 0 Å². The first kappa shape index (κ1) is 10.4. The van der Waals surface area contributed by atoms with Gasteiger partial charge in [0, 0.05) is 21.6 Å². The van der Waals surface area contributed by atoms with Crippen molar-refractivity contribution in [3.63, 3.8) is 0 Å². The molecule has 3 N–H and O–H groups in total. The Bertz CT molecular complexity index is 492. The van der Waals surface area contributed by atoms with Gasteiger partial charge < -0.3 is 10.7 Å². The molecule has 15 heavy (non-hydrogen) atoms. The van der Waals surface area contributed by atoms with Crippen LogP contribution in [0.1, 0.15) is 5.56 Å². The monoisotopic (exact) mass is 265 g/mol. The van der Waals surface area contributed by atoms with Gasteiger partial charge in [0.05, 0.1) is 6.04 Å². The summed E-state index contributed by atoms with van der Waals surface area (Å²) in [4.78, 5) is 13.5. The number of nitrogens with one attached hydrogen (secondary N) is 1. The number of benzene rings is 1. The van der Waals surface area contributed by atoms with Crippen LogP contribution in [-0.4, -0.2) is 17.3 Å². The van der Waals surface area contributed by atoms with Crippen molar-refractivity contribution in [2.75, 3.05) is 0 Å². The van der Waals surface area contributed by atoms with Gasteiger partial charge in [-0.15, -0.1) is 0 Å². The van der Waals surface area contributed by atoms with Crippen LogP contribution >= 0.6 is 15.9 Å². The van der Waals surface area contributed by atoms with Crippen molar-refractivity contribution in [3.8, 4) is 0 Å². The Kier molecular flexibility index (Phi) is 2.88. The molecule has 0 amide bonds. The molecule has 0 unspecified atom stereocenters. The molecular formula is C11H10BrN2O. The third-order valence-corrected chi connectivity index (χ3v) is 2.99. The summed E-state index contributed by atoms with van der Waals surface area (Å²) in [6.07, 6.45) is 4.17. The predicted octanol–water partition coefficient (Wildman–Crippen LogP) is 1.91. The summed E-state index contributed by atoms with van der Waals surface area (Å²) in [5, 5.41) is 1.09. The van der Waals surface area contributed by atoms with Gasteiger partial charge in [-0.3, -0.25) is 4.79 Å². The van der Waals surface area contributed by atoms with E-state index in [9.17, 15) is 4.79 Å². The van der Waals surface area contributed by atoms with Crippen LogP contribution in [0.3, 0.4) is 0 Å². The Morgan fingerprint density at radius 3 is 3.07 bits per heavy atom.